The maximum absolute atomic E-state index is 2.63. The van der Waals surface area contributed by atoms with Gasteiger partial charge in [-0.25, -0.2) is 0 Å². The van der Waals surface area contributed by atoms with Gasteiger partial charge in [-0.15, -0.1) is 0 Å². The van der Waals surface area contributed by atoms with Crippen LogP contribution < -0.4 is 26.2 Å². The quantitative estimate of drug-likeness (QED) is 0.163. The van der Waals surface area contributed by atoms with Crippen molar-refractivity contribution in [2.75, 3.05) is 9.80 Å². The van der Waals surface area contributed by atoms with Gasteiger partial charge in [-0.2, -0.15) is 0 Å². The molecule has 7 aromatic carbocycles. The summed E-state index contributed by atoms with van der Waals surface area (Å²) in [5.74, 6) is 0. The molecule has 7 aromatic rings. The number of aryl methyl sites for hydroxylation is 3. The highest BCUT2D eigenvalue weighted by atomic mass is 15.2. The first-order valence-electron chi connectivity index (χ1n) is 23.5. The summed E-state index contributed by atoms with van der Waals surface area (Å²) >= 11 is 0. The van der Waals surface area contributed by atoms with Gasteiger partial charge < -0.3 is 9.80 Å². The predicted octanol–water partition coefficient (Wildman–Crippen LogP) is 15.2. The number of hydrogen-bond donors (Lipinski definition) is 0. The Balaban J connectivity index is 1.46. The van der Waals surface area contributed by atoms with E-state index in [-0.39, 0.29) is 28.4 Å². The van der Waals surface area contributed by atoms with Crippen LogP contribution in [0.15, 0.2) is 133 Å². The van der Waals surface area contributed by atoms with Crippen LogP contribution in [0.3, 0.4) is 0 Å². The van der Waals surface area contributed by atoms with E-state index in [0.717, 1.165) is 0 Å². The summed E-state index contributed by atoms with van der Waals surface area (Å²) in [6.07, 6.45) is 0. The largest absolute Gasteiger partial charge is 0.311 e. The van der Waals surface area contributed by atoms with Gasteiger partial charge >= 0.3 is 0 Å². The summed E-state index contributed by atoms with van der Waals surface area (Å²) < 4.78 is 0. The average molecular weight is 839 g/mol. The summed E-state index contributed by atoms with van der Waals surface area (Å²) in [7, 11) is 0. The molecule has 0 radical (unpaired) electrons. The molecule has 0 aromatic heterocycles. The smallest absolute Gasteiger partial charge is 0.252 e. The van der Waals surface area contributed by atoms with Crippen LogP contribution in [0.4, 0.5) is 34.1 Å². The third kappa shape index (κ3) is 7.59. The van der Waals surface area contributed by atoms with Crippen LogP contribution in [-0.2, 0) is 21.7 Å². The molecule has 64 heavy (non-hydrogen) atoms. The molecule has 0 bridgehead atoms. The van der Waals surface area contributed by atoms with Gasteiger partial charge in [0.25, 0.3) is 6.71 Å². The Morgan fingerprint density at radius 3 is 1.27 bits per heavy atom. The highest BCUT2D eigenvalue weighted by molar-refractivity contribution is 7.00. The van der Waals surface area contributed by atoms with Crippen molar-refractivity contribution in [2.24, 2.45) is 0 Å². The first kappa shape index (κ1) is 43.5. The highest BCUT2D eigenvalue weighted by Gasteiger charge is 2.44. The lowest BCUT2D eigenvalue weighted by atomic mass is 9.33. The minimum Gasteiger partial charge on any atom is -0.311 e. The molecule has 0 spiro atoms. The van der Waals surface area contributed by atoms with Crippen molar-refractivity contribution in [3.05, 3.63) is 172 Å². The van der Waals surface area contributed by atoms with Gasteiger partial charge in [-0.3, -0.25) is 0 Å². The molecular formula is C61H67BN2. The molecule has 0 N–H and O–H groups in total. The second kappa shape index (κ2) is 15.2. The molecule has 0 fully saturated rings. The Labute approximate surface area is 385 Å². The van der Waals surface area contributed by atoms with Crippen molar-refractivity contribution < 1.29 is 0 Å². The fraction of sp³-hybridized carbons (Fsp3) is 0.311. The van der Waals surface area contributed by atoms with Crippen molar-refractivity contribution in [3.63, 3.8) is 0 Å². The molecule has 2 nitrogen and oxygen atoms in total. The van der Waals surface area contributed by atoms with Crippen molar-refractivity contribution in [3.8, 4) is 22.3 Å². The number of benzene rings is 7. The monoisotopic (exact) mass is 839 g/mol. The van der Waals surface area contributed by atoms with Crippen molar-refractivity contribution in [2.45, 2.75) is 126 Å². The van der Waals surface area contributed by atoms with E-state index in [0.29, 0.717) is 0 Å². The van der Waals surface area contributed by atoms with Crippen LogP contribution >= 0.6 is 0 Å². The molecule has 3 heteroatoms. The number of anilines is 6. The topological polar surface area (TPSA) is 6.48 Å². The average Bonchev–Trinajstić information content (AvgIpc) is 3.21. The predicted molar refractivity (Wildman–Crippen MR) is 280 cm³/mol. The van der Waals surface area contributed by atoms with E-state index in [2.05, 4.69) is 247 Å². The molecule has 324 valence electrons. The fourth-order valence-corrected chi connectivity index (χ4v) is 10.3. The molecular weight excluding hydrogens is 771 g/mol. The van der Waals surface area contributed by atoms with Crippen molar-refractivity contribution in [1.82, 2.24) is 0 Å². The Hall–Kier alpha value is -5.80. The van der Waals surface area contributed by atoms with Crippen LogP contribution in [0.1, 0.15) is 122 Å². The van der Waals surface area contributed by atoms with Crippen molar-refractivity contribution in [1.29, 1.82) is 0 Å². The Kier molecular flexibility index (Phi) is 10.3. The number of rotatable bonds is 4. The first-order chi connectivity index (χ1) is 30.0. The second-order valence-corrected chi connectivity index (χ2v) is 23.0. The number of nitrogens with zero attached hydrogens (tertiary/aromatic N) is 2. The molecule has 0 saturated heterocycles. The molecule has 9 rings (SSSR count). The van der Waals surface area contributed by atoms with Gasteiger partial charge in [0.1, 0.15) is 0 Å². The number of hydrogen-bond acceptors (Lipinski definition) is 2. The van der Waals surface area contributed by atoms with Crippen molar-refractivity contribution >= 4 is 57.2 Å². The standard InChI is InChI=1S/C61H67BN2/c1-38-27-39(2)56(40(3)28-38)43-30-54-57-55(31-43)64(49-36-46(60(10,11)12)33-47(37-49)61(13,14)15)53-26-25-42(41-21-17-16-18-22-41)29-51(53)62(57)50-23-19-20-24-52(50)63(54)48-34-44(58(4,5)6)32-45(35-48)59(7,8)9/h16-37H,1-15H3. The Morgan fingerprint density at radius 2 is 0.797 bits per heavy atom. The zero-order valence-corrected chi connectivity index (χ0v) is 41.2. The van der Waals surface area contributed by atoms with Crippen LogP contribution in [0.5, 0.6) is 0 Å². The van der Waals surface area contributed by atoms with Gasteiger partial charge in [0.05, 0.1) is 0 Å². The normalized spacial score (nSPS) is 13.8. The van der Waals surface area contributed by atoms with Gasteiger partial charge in [0.2, 0.25) is 0 Å². The zero-order valence-electron chi connectivity index (χ0n) is 41.2. The van der Waals surface area contributed by atoms with Crippen LogP contribution in [0.2, 0.25) is 0 Å². The van der Waals surface area contributed by atoms with E-state index in [1.54, 1.807) is 0 Å². The Bertz CT molecular complexity index is 2860. The van der Waals surface area contributed by atoms with Crippen LogP contribution in [0, 0.1) is 20.8 Å². The molecule has 2 aliphatic heterocycles. The van der Waals surface area contributed by atoms with Gasteiger partial charge in [0, 0.05) is 34.1 Å². The van der Waals surface area contributed by atoms with Crippen LogP contribution in [0.25, 0.3) is 22.3 Å². The van der Waals surface area contributed by atoms with E-state index < -0.39 is 0 Å². The zero-order chi connectivity index (χ0) is 45.8. The van der Waals surface area contributed by atoms with E-state index in [1.165, 1.54) is 112 Å². The van der Waals surface area contributed by atoms with E-state index in [9.17, 15) is 0 Å². The fourth-order valence-electron chi connectivity index (χ4n) is 10.3. The lowest BCUT2D eigenvalue weighted by molar-refractivity contribution is 0.568. The third-order valence-electron chi connectivity index (χ3n) is 13.9. The summed E-state index contributed by atoms with van der Waals surface area (Å²) in [6, 6.07) is 52.0. The summed E-state index contributed by atoms with van der Waals surface area (Å²) in [5.41, 5.74) is 25.5. The summed E-state index contributed by atoms with van der Waals surface area (Å²) in [5, 5.41) is 0. The third-order valence-corrected chi connectivity index (χ3v) is 13.9. The van der Waals surface area contributed by atoms with Crippen LogP contribution in [-0.4, -0.2) is 6.71 Å². The molecule has 0 saturated carbocycles. The van der Waals surface area contributed by atoms with Gasteiger partial charge in [-0.05, 0) is 163 Å². The maximum atomic E-state index is 2.63. The molecule has 0 atom stereocenters. The lowest BCUT2D eigenvalue weighted by Gasteiger charge is -2.45. The minimum atomic E-state index is -0.0513. The molecule has 2 heterocycles. The molecule has 0 unspecified atom stereocenters. The van der Waals surface area contributed by atoms with E-state index in [1.807, 2.05) is 0 Å². The SMILES string of the molecule is Cc1cc(C)c(-c2cc3c4c(c2)N(c2cc(C(C)(C)C)cc(C(C)(C)C)c2)c2ccc(-c5ccccc5)cc2B4c2ccccc2N3c2cc(C(C)(C)C)cc(C(C)(C)C)c2)c(C)c1. The second-order valence-electron chi connectivity index (χ2n) is 23.0. The molecule has 0 aliphatic carbocycles. The van der Waals surface area contributed by atoms with Gasteiger partial charge in [-0.1, -0.05) is 174 Å². The van der Waals surface area contributed by atoms with E-state index in [4.69, 9.17) is 0 Å². The molecule has 0 amide bonds. The summed E-state index contributed by atoms with van der Waals surface area (Å²) in [6.45, 7) is 35.0. The lowest BCUT2D eigenvalue weighted by Crippen LogP contribution is -2.61. The van der Waals surface area contributed by atoms with Gasteiger partial charge in [0.15, 0.2) is 0 Å². The first-order valence-corrected chi connectivity index (χ1v) is 23.5. The van der Waals surface area contributed by atoms with E-state index >= 15 is 0 Å². The molecule has 2 aliphatic rings. The number of para-hydroxylation sites is 1. The number of fused-ring (bicyclic) bond motifs is 4. The maximum Gasteiger partial charge on any atom is 0.252 e. The summed E-state index contributed by atoms with van der Waals surface area (Å²) in [4.78, 5) is 5.25. The highest BCUT2D eigenvalue weighted by Crippen LogP contribution is 2.49. The Morgan fingerprint density at radius 1 is 0.359 bits per heavy atom. The minimum absolute atomic E-state index is 0.00222.